The summed E-state index contributed by atoms with van der Waals surface area (Å²) in [4.78, 5) is 10.7. The highest BCUT2D eigenvalue weighted by Crippen LogP contribution is 2.29. The molecule has 0 radical (unpaired) electrons. The zero-order valence-electron chi connectivity index (χ0n) is 13.2. The number of thiocarbonyl (C=S) groups is 1. The van der Waals surface area contributed by atoms with Crippen LogP contribution >= 0.6 is 12.2 Å². The molecular weight excluding hydrogens is 330 g/mol. The molecule has 0 aliphatic carbocycles. The Balaban J connectivity index is 2.08. The summed E-state index contributed by atoms with van der Waals surface area (Å²) in [5.41, 5.74) is 0.904. The van der Waals surface area contributed by atoms with Gasteiger partial charge in [-0.25, -0.2) is 0 Å². The summed E-state index contributed by atoms with van der Waals surface area (Å²) in [6.45, 7) is 2.50. The molecule has 2 aromatic carbocycles. The SMILES string of the molecule is CCOc1ccc(NC(=S)Nc2ccc(OC)cc2[N+](=O)[O-])cc1. The van der Waals surface area contributed by atoms with Crippen molar-refractivity contribution in [3.05, 3.63) is 52.6 Å². The lowest BCUT2D eigenvalue weighted by atomic mass is 10.2. The van der Waals surface area contributed by atoms with E-state index in [-0.39, 0.29) is 16.5 Å². The first kappa shape index (κ1) is 17.5. The van der Waals surface area contributed by atoms with Crippen molar-refractivity contribution in [3.8, 4) is 11.5 Å². The van der Waals surface area contributed by atoms with Gasteiger partial charge in [-0.3, -0.25) is 10.1 Å². The Labute approximate surface area is 144 Å². The fourth-order valence-electron chi connectivity index (χ4n) is 1.98. The first-order valence-corrected chi connectivity index (χ1v) is 7.57. The van der Waals surface area contributed by atoms with Gasteiger partial charge in [-0.2, -0.15) is 0 Å². The van der Waals surface area contributed by atoms with Gasteiger partial charge in [-0.1, -0.05) is 0 Å². The molecule has 0 fully saturated rings. The van der Waals surface area contributed by atoms with E-state index in [9.17, 15) is 10.1 Å². The Bertz CT molecular complexity index is 735. The number of benzene rings is 2. The summed E-state index contributed by atoms with van der Waals surface area (Å²) < 4.78 is 10.4. The molecule has 0 amide bonds. The lowest BCUT2D eigenvalue weighted by Gasteiger charge is -2.12. The van der Waals surface area contributed by atoms with Crippen LogP contribution in [0.1, 0.15) is 6.92 Å². The summed E-state index contributed by atoms with van der Waals surface area (Å²) in [7, 11) is 1.45. The van der Waals surface area contributed by atoms with Crippen LogP contribution in [0, 0.1) is 10.1 Å². The molecule has 2 aromatic rings. The van der Waals surface area contributed by atoms with Gasteiger partial charge in [0.1, 0.15) is 17.2 Å². The third kappa shape index (κ3) is 4.56. The topological polar surface area (TPSA) is 85.7 Å². The van der Waals surface area contributed by atoms with Gasteiger partial charge in [-0.15, -0.1) is 0 Å². The number of ether oxygens (including phenoxy) is 2. The minimum Gasteiger partial charge on any atom is -0.496 e. The maximum absolute atomic E-state index is 11.2. The Morgan fingerprint density at radius 3 is 2.42 bits per heavy atom. The maximum atomic E-state index is 11.2. The zero-order chi connectivity index (χ0) is 17.5. The molecule has 24 heavy (non-hydrogen) atoms. The van der Waals surface area contributed by atoms with Gasteiger partial charge in [0.25, 0.3) is 5.69 Å². The van der Waals surface area contributed by atoms with Crippen molar-refractivity contribution in [1.29, 1.82) is 0 Å². The highest BCUT2D eigenvalue weighted by molar-refractivity contribution is 7.80. The van der Waals surface area contributed by atoms with Crippen LogP contribution in [0.25, 0.3) is 0 Å². The van der Waals surface area contributed by atoms with Crippen molar-refractivity contribution in [2.24, 2.45) is 0 Å². The van der Waals surface area contributed by atoms with Crippen LogP contribution in [0.4, 0.5) is 17.1 Å². The monoisotopic (exact) mass is 347 g/mol. The molecule has 7 nitrogen and oxygen atoms in total. The van der Waals surface area contributed by atoms with Crippen LogP contribution in [0.15, 0.2) is 42.5 Å². The summed E-state index contributed by atoms with van der Waals surface area (Å²) in [5, 5.41) is 17.2. The molecule has 0 heterocycles. The zero-order valence-corrected chi connectivity index (χ0v) is 14.1. The molecule has 2 N–H and O–H groups in total. The second kappa shape index (κ2) is 8.11. The summed E-state index contributed by atoms with van der Waals surface area (Å²) >= 11 is 5.20. The van der Waals surface area contributed by atoms with Crippen molar-refractivity contribution in [2.75, 3.05) is 24.4 Å². The van der Waals surface area contributed by atoms with E-state index in [2.05, 4.69) is 10.6 Å². The van der Waals surface area contributed by atoms with Gasteiger partial charge >= 0.3 is 0 Å². The Morgan fingerprint density at radius 2 is 1.83 bits per heavy atom. The molecule has 0 saturated heterocycles. The molecule has 0 bridgehead atoms. The lowest BCUT2D eigenvalue weighted by molar-refractivity contribution is -0.384. The number of nitrogens with zero attached hydrogens (tertiary/aromatic N) is 1. The number of nitro groups is 1. The van der Waals surface area contributed by atoms with Gasteiger partial charge in [-0.05, 0) is 55.5 Å². The molecule has 2 rings (SSSR count). The molecule has 0 spiro atoms. The summed E-state index contributed by atoms with van der Waals surface area (Å²) in [6, 6.07) is 11.7. The number of methoxy groups -OCH3 is 1. The molecule has 0 aliphatic heterocycles. The van der Waals surface area contributed by atoms with Gasteiger partial charge in [0.05, 0.1) is 24.7 Å². The highest BCUT2D eigenvalue weighted by atomic mass is 32.1. The van der Waals surface area contributed by atoms with Crippen LogP contribution in [0.3, 0.4) is 0 Å². The predicted octanol–water partition coefficient (Wildman–Crippen LogP) is 3.81. The molecule has 8 heteroatoms. The number of hydrogen-bond acceptors (Lipinski definition) is 5. The second-order valence-corrected chi connectivity index (χ2v) is 5.08. The molecule has 0 atom stereocenters. The van der Waals surface area contributed by atoms with E-state index in [4.69, 9.17) is 21.7 Å². The fourth-order valence-corrected chi connectivity index (χ4v) is 2.21. The fraction of sp³-hybridized carbons (Fsp3) is 0.188. The van der Waals surface area contributed by atoms with E-state index in [0.29, 0.717) is 12.4 Å². The normalized spacial score (nSPS) is 9.92. The van der Waals surface area contributed by atoms with Crippen molar-refractivity contribution >= 4 is 34.4 Å². The molecular formula is C16H17N3O4S. The van der Waals surface area contributed by atoms with E-state index in [1.54, 1.807) is 24.3 Å². The second-order valence-electron chi connectivity index (χ2n) is 4.68. The van der Waals surface area contributed by atoms with Crippen LogP contribution in [0.2, 0.25) is 0 Å². The van der Waals surface area contributed by atoms with Crippen molar-refractivity contribution in [1.82, 2.24) is 0 Å². The minimum absolute atomic E-state index is 0.120. The number of nitrogens with one attached hydrogen (secondary N) is 2. The third-order valence-corrected chi connectivity index (χ3v) is 3.28. The van der Waals surface area contributed by atoms with E-state index in [1.807, 2.05) is 19.1 Å². The van der Waals surface area contributed by atoms with Gasteiger partial charge in [0, 0.05) is 5.69 Å². The predicted molar refractivity (Wildman–Crippen MR) is 97.1 cm³/mol. The number of anilines is 2. The number of hydrogen-bond donors (Lipinski definition) is 2. The summed E-state index contributed by atoms with van der Waals surface area (Å²) in [5.74, 6) is 1.16. The average molecular weight is 347 g/mol. The maximum Gasteiger partial charge on any atom is 0.296 e. The Kier molecular flexibility index (Phi) is 5.91. The largest absolute Gasteiger partial charge is 0.496 e. The molecule has 0 aliphatic rings. The van der Waals surface area contributed by atoms with Crippen LogP contribution in [-0.4, -0.2) is 23.8 Å². The van der Waals surface area contributed by atoms with E-state index < -0.39 is 4.92 Å². The van der Waals surface area contributed by atoms with Crippen LogP contribution in [0.5, 0.6) is 11.5 Å². The standard InChI is InChI=1S/C16H17N3O4S/c1-3-23-12-6-4-11(5-7-12)17-16(24)18-14-9-8-13(22-2)10-15(14)19(20)21/h4-10H,3H2,1-2H3,(H2,17,18,24). The smallest absolute Gasteiger partial charge is 0.296 e. The highest BCUT2D eigenvalue weighted by Gasteiger charge is 2.16. The lowest BCUT2D eigenvalue weighted by Crippen LogP contribution is -2.19. The minimum atomic E-state index is -0.496. The summed E-state index contributed by atoms with van der Waals surface area (Å²) in [6.07, 6.45) is 0. The first-order chi connectivity index (χ1) is 11.5. The molecule has 0 unspecified atom stereocenters. The van der Waals surface area contributed by atoms with E-state index in [0.717, 1.165) is 11.4 Å². The Hall–Kier alpha value is -2.87. The molecule has 126 valence electrons. The van der Waals surface area contributed by atoms with E-state index in [1.165, 1.54) is 13.2 Å². The van der Waals surface area contributed by atoms with E-state index >= 15 is 0 Å². The molecule has 0 saturated carbocycles. The average Bonchev–Trinajstić information content (AvgIpc) is 2.57. The molecule has 0 aromatic heterocycles. The van der Waals surface area contributed by atoms with Gasteiger partial charge in [0.2, 0.25) is 0 Å². The number of rotatable bonds is 6. The van der Waals surface area contributed by atoms with Gasteiger partial charge < -0.3 is 20.1 Å². The number of nitro benzene ring substituents is 1. The Morgan fingerprint density at radius 1 is 1.17 bits per heavy atom. The third-order valence-electron chi connectivity index (χ3n) is 3.07. The first-order valence-electron chi connectivity index (χ1n) is 7.16. The quantitative estimate of drug-likeness (QED) is 0.467. The van der Waals surface area contributed by atoms with Crippen LogP contribution in [-0.2, 0) is 0 Å². The van der Waals surface area contributed by atoms with Crippen LogP contribution < -0.4 is 20.1 Å². The van der Waals surface area contributed by atoms with Crippen molar-refractivity contribution < 1.29 is 14.4 Å². The van der Waals surface area contributed by atoms with Gasteiger partial charge in [0.15, 0.2) is 5.11 Å². The van der Waals surface area contributed by atoms with Crippen molar-refractivity contribution in [3.63, 3.8) is 0 Å². The van der Waals surface area contributed by atoms with Crippen molar-refractivity contribution in [2.45, 2.75) is 6.92 Å².